The second-order valence-corrected chi connectivity index (χ2v) is 4.59. The van der Waals surface area contributed by atoms with Crippen LogP contribution in [0.3, 0.4) is 0 Å². The molecular weight excluding hydrogens is 191 g/mol. The minimum absolute atomic E-state index is 0.176. The summed E-state index contributed by atoms with van der Waals surface area (Å²) in [5, 5.41) is 7.89. The van der Waals surface area contributed by atoms with Crippen LogP contribution < -0.4 is 0 Å². The minimum Gasteiger partial charge on any atom is -0.478 e. The Bertz CT molecular complexity index is 166. The van der Waals surface area contributed by atoms with Gasteiger partial charge >= 0.3 is 15.3 Å². The summed E-state index contributed by atoms with van der Waals surface area (Å²) in [6.45, 7) is 5.28. The molecule has 1 heterocycles. The van der Waals surface area contributed by atoms with Gasteiger partial charge in [-0.25, -0.2) is 4.79 Å². The summed E-state index contributed by atoms with van der Waals surface area (Å²) in [7, 11) is -2.09. The Morgan fingerprint density at radius 1 is 1.62 bits per heavy atom. The largest absolute Gasteiger partial charge is 0.478 e. The molecule has 0 aromatic rings. The Morgan fingerprint density at radius 3 is 2.31 bits per heavy atom. The lowest BCUT2D eigenvalue weighted by Crippen LogP contribution is -2.17. The van der Waals surface area contributed by atoms with E-state index in [1.807, 2.05) is 0 Å². The number of rotatable bonds is 1. The van der Waals surface area contributed by atoms with Crippen LogP contribution in [0.15, 0.2) is 12.2 Å². The van der Waals surface area contributed by atoms with Gasteiger partial charge in [-0.15, -0.1) is 0 Å². The molecule has 0 aromatic heterocycles. The van der Waals surface area contributed by atoms with Gasteiger partial charge in [0, 0.05) is 12.2 Å². The molecule has 1 saturated heterocycles. The topological polar surface area (TPSA) is 46.5 Å². The summed E-state index contributed by atoms with van der Waals surface area (Å²) in [5.41, 5.74) is 0.176. The molecule has 1 rings (SSSR count). The van der Waals surface area contributed by atoms with Gasteiger partial charge in [0.05, 0.1) is 0 Å². The number of carboxylic acids is 1. The van der Waals surface area contributed by atoms with Crippen molar-refractivity contribution in [1.29, 1.82) is 0 Å². The van der Waals surface area contributed by atoms with Gasteiger partial charge in [-0.1, -0.05) is 6.58 Å². The molecule has 1 aliphatic rings. The fourth-order valence-electron chi connectivity index (χ4n) is 0.701. The summed E-state index contributed by atoms with van der Waals surface area (Å²) in [5.74, 6) is -0.935. The molecule has 0 saturated carbocycles. The molecule has 1 unspecified atom stereocenters. The molecule has 0 spiro atoms. The van der Waals surface area contributed by atoms with Crippen molar-refractivity contribution in [2.45, 2.75) is 25.8 Å². The lowest BCUT2D eigenvalue weighted by Gasteiger charge is -2.12. The molecule has 1 N–H and O–H groups in total. The summed E-state index contributed by atoms with van der Waals surface area (Å²) in [4.78, 5) is 9.60. The van der Waals surface area contributed by atoms with Crippen LogP contribution >= 0.6 is 0 Å². The van der Waals surface area contributed by atoms with Crippen LogP contribution in [0.4, 0.5) is 4.11 Å². The third-order valence-electron chi connectivity index (χ3n) is 1.49. The number of carboxylic acid groups (broad SMARTS) is 1. The van der Waals surface area contributed by atoms with Crippen LogP contribution in [-0.4, -0.2) is 27.1 Å². The maximum atomic E-state index is 12.1. The van der Waals surface area contributed by atoms with Crippen molar-refractivity contribution in [3.8, 4) is 0 Å². The highest BCUT2D eigenvalue weighted by atomic mass is 28.3. The summed E-state index contributed by atoms with van der Waals surface area (Å²) in [6, 6.07) is 0.736. The number of carbonyl (C=O) groups is 1. The van der Waals surface area contributed by atoms with Gasteiger partial charge in [0.15, 0.2) is 0 Å². The molecule has 0 amide bonds. The van der Waals surface area contributed by atoms with Crippen molar-refractivity contribution in [2.24, 2.45) is 0 Å². The smallest absolute Gasteiger partial charge is 0.368 e. The van der Waals surface area contributed by atoms with Crippen LogP contribution in [-0.2, 0) is 9.22 Å². The Hall–Kier alpha value is -0.683. The zero-order valence-electron chi connectivity index (χ0n) is 7.75. The molecule has 3 nitrogen and oxygen atoms in total. The molecule has 1 atom stereocenters. The zero-order valence-corrected chi connectivity index (χ0v) is 8.91. The molecule has 0 aromatic carbocycles. The van der Waals surface area contributed by atoms with E-state index < -0.39 is 15.3 Å². The van der Waals surface area contributed by atoms with Gasteiger partial charge in [-0.3, -0.25) is 4.11 Å². The van der Waals surface area contributed by atoms with Crippen molar-refractivity contribution in [3.63, 3.8) is 0 Å². The monoisotopic (exact) mass is 206 g/mol. The molecule has 0 aliphatic carbocycles. The fraction of sp³-hybridized carbons (Fsp3) is 0.625. The van der Waals surface area contributed by atoms with Gasteiger partial charge < -0.3 is 9.53 Å². The van der Waals surface area contributed by atoms with E-state index in [-0.39, 0.29) is 5.57 Å². The first-order valence-electron chi connectivity index (χ1n) is 4.18. The van der Waals surface area contributed by atoms with Crippen molar-refractivity contribution in [3.05, 3.63) is 12.2 Å². The van der Waals surface area contributed by atoms with E-state index in [4.69, 9.17) is 9.53 Å². The molecule has 1 fully saturated rings. The van der Waals surface area contributed by atoms with Crippen molar-refractivity contribution < 1.29 is 18.4 Å². The average Bonchev–Trinajstić information content (AvgIpc) is 2.06. The van der Waals surface area contributed by atoms with Crippen molar-refractivity contribution >= 4 is 15.3 Å². The average molecular weight is 206 g/mol. The highest BCUT2D eigenvalue weighted by Gasteiger charge is 2.13. The van der Waals surface area contributed by atoms with Crippen molar-refractivity contribution in [2.75, 3.05) is 6.61 Å². The Labute approximate surface area is 79.1 Å². The van der Waals surface area contributed by atoms with E-state index in [1.54, 1.807) is 0 Å². The quantitative estimate of drug-likeness (QED) is 0.403. The SMILES string of the molecule is C=C(C)C(=O)O.F[SiH]1CCCCO1. The zero-order chi connectivity index (χ0) is 10.3. The highest BCUT2D eigenvalue weighted by molar-refractivity contribution is 6.43. The molecule has 0 bridgehead atoms. The van der Waals surface area contributed by atoms with Gasteiger partial charge in [-0.05, 0) is 25.8 Å². The molecule has 1 aliphatic heterocycles. The standard InChI is InChI=1S/C4H9FOSi.C4H6O2/c5-7-4-2-1-3-6-7;1-3(2)4(5)6/h7H,1-4H2;1H2,2H3,(H,5,6). The Balaban J connectivity index is 0.000000226. The normalized spacial score (nSPS) is 21.2. The maximum absolute atomic E-state index is 12.1. The number of hydrogen-bond donors (Lipinski definition) is 1. The highest BCUT2D eigenvalue weighted by Crippen LogP contribution is 2.10. The minimum atomic E-state index is -2.09. The van der Waals surface area contributed by atoms with Gasteiger partial charge in [0.25, 0.3) is 0 Å². The predicted molar refractivity (Wildman–Crippen MR) is 50.7 cm³/mol. The van der Waals surface area contributed by atoms with Crippen molar-refractivity contribution in [1.82, 2.24) is 0 Å². The van der Waals surface area contributed by atoms with E-state index in [0.717, 1.165) is 18.9 Å². The van der Waals surface area contributed by atoms with Crippen LogP contribution in [0.25, 0.3) is 0 Å². The van der Waals surface area contributed by atoms with Gasteiger partial charge in [0.2, 0.25) is 0 Å². The first-order valence-corrected chi connectivity index (χ1v) is 5.91. The Kier molecular flexibility index (Phi) is 6.44. The second-order valence-electron chi connectivity index (χ2n) is 2.86. The first-order chi connectivity index (χ1) is 6.04. The lowest BCUT2D eigenvalue weighted by molar-refractivity contribution is -0.132. The van der Waals surface area contributed by atoms with Crippen LogP contribution in [0.1, 0.15) is 19.8 Å². The van der Waals surface area contributed by atoms with E-state index in [9.17, 15) is 8.90 Å². The Morgan fingerprint density at radius 2 is 2.15 bits per heavy atom. The summed E-state index contributed by atoms with van der Waals surface area (Å²) < 4.78 is 16.9. The van der Waals surface area contributed by atoms with Crippen LogP contribution in [0.5, 0.6) is 0 Å². The maximum Gasteiger partial charge on any atom is 0.368 e. The molecule has 13 heavy (non-hydrogen) atoms. The summed E-state index contributed by atoms with van der Waals surface area (Å²) >= 11 is 0. The van der Waals surface area contributed by atoms with Gasteiger partial charge in [0.1, 0.15) is 0 Å². The molecule has 0 radical (unpaired) electrons. The lowest BCUT2D eigenvalue weighted by atomic mass is 10.4. The summed E-state index contributed by atoms with van der Waals surface area (Å²) in [6.07, 6.45) is 2.11. The predicted octanol–water partition coefficient (Wildman–Crippen LogP) is 1.63. The van der Waals surface area contributed by atoms with Crippen LogP contribution in [0, 0.1) is 0 Å². The van der Waals surface area contributed by atoms with E-state index in [0.29, 0.717) is 6.61 Å². The number of aliphatic carboxylic acids is 1. The molecular formula is C8H15FO3Si. The van der Waals surface area contributed by atoms with Crippen LogP contribution in [0.2, 0.25) is 6.04 Å². The third kappa shape index (κ3) is 7.67. The van der Waals surface area contributed by atoms with E-state index in [1.165, 1.54) is 6.92 Å². The number of halogens is 1. The second kappa shape index (κ2) is 6.79. The van der Waals surface area contributed by atoms with E-state index in [2.05, 4.69) is 6.58 Å². The van der Waals surface area contributed by atoms with E-state index >= 15 is 0 Å². The third-order valence-corrected chi connectivity index (χ3v) is 2.95. The fourth-order valence-corrected chi connectivity index (χ4v) is 1.90. The molecule has 76 valence electrons. The molecule has 5 heteroatoms. The first kappa shape index (κ1) is 12.3. The number of hydrogen-bond acceptors (Lipinski definition) is 2. The van der Waals surface area contributed by atoms with Gasteiger partial charge in [-0.2, -0.15) is 0 Å².